The molecule has 4 aromatic carbocycles. The molecule has 8 nitrogen and oxygen atoms in total. The summed E-state index contributed by atoms with van der Waals surface area (Å²) >= 11 is 0. The van der Waals surface area contributed by atoms with E-state index >= 15 is 0 Å². The minimum atomic E-state index is -0.547. The van der Waals surface area contributed by atoms with Crippen molar-refractivity contribution in [3.63, 3.8) is 0 Å². The predicted octanol–water partition coefficient (Wildman–Crippen LogP) is 6.10. The fourth-order valence-corrected chi connectivity index (χ4v) is 5.38. The van der Waals surface area contributed by atoms with Gasteiger partial charge in [0, 0.05) is 50.8 Å². The van der Waals surface area contributed by atoms with Crippen molar-refractivity contribution in [2.24, 2.45) is 9.98 Å². The van der Waals surface area contributed by atoms with Crippen molar-refractivity contribution < 1.29 is 36.1 Å². The first kappa shape index (κ1) is 29.5. The van der Waals surface area contributed by atoms with Crippen LogP contribution in [0.3, 0.4) is 0 Å². The molecule has 9 heteroatoms. The van der Waals surface area contributed by atoms with Crippen molar-refractivity contribution in [2.75, 3.05) is 0 Å². The van der Waals surface area contributed by atoms with Gasteiger partial charge < -0.3 is 19.0 Å². The largest absolute Gasteiger partial charge is 2.00 e. The van der Waals surface area contributed by atoms with Crippen LogP contribution in [-0.2, 0) is 17.1 Å². The first-order valence-corrected chi connectivity index (χ1v) is 13.2. The molecular formula is C34H24CuN2O6. The van der Waals surface area contributed by atoms with Gasteiger partial charge in [-0.1, -0.05) is 60.0 Å². The van der Waals surface area contributed by atoms with Gasteiger partial charge in [-0.25, -0.2) is 9.59 Å². The summed E-state index contributed by atoms with van der Waals surface area (Å²) in [6, 6.07) is 20.1. The van der Waals surface area contributed by atoms with Crippen LogP contribution in [-0.4, -0.2) is 11.4 Å². The molecule has 0 aliphatic carbocycles. The summed E-state index contributed by atoms with van der Waals surface area (Å²) in [6.07, 6.45) is 0. The Balaban J connectivity index is 0.00000368. The van der Waals surface area contributed by atoms with Gasteiger partial charge in [-0.3, -0.25) is 9.98 Å². The van der Waals surface area contributed by atoms with Gasteiger partial charge >= 0.3 is 28.3 Å². The first-order valence-electron chi connectivity index (χ1n) is 13.2. The molecule has 0 fully saturated rings. The summed E-state index contributed by atoms with van der Waals surface area (Å²) in [4.78, 5) is 34.0. The number of nitrogens with zero attached hydrogens (tertiary/aromatic N) is 2. The van der Waals surface area contributed by atoms with Crippen molar-refractivity contribution in [2.45, 2.75) is 27.7 Å². The molecule has 0 N–H and O–H groups in total. The second-order valence-electron chi connectivity index (χ2n) is 10.2. The number of fused-ring (bicyclic) bond motifs is 3. The van der Waals surface area contributed by atoms with E-state index in [0.717, 1.165) is 5.39 Å². The van der Waals surface area contributed by atoms with Gasteiger partial charge in [0.05, 0.1) is 11.4 Å². The Morgan fingerprint density at radius 1 is 0.651 bits per heavy atom. The molecule has 6 rings (SSSR count). The van der Waals surface area contributed by atoms with Gasteiger partial charge in [0.25, 0.3) is 0 Å². The van der Waals surface area contributed by atoms with E-state index in [-0.39, 0.29) is 50.9 Å². The van der Waals surface area contributed by atoms with Gasteiger partial charge in [0.2, 0.25) is 0 Å². The molecule has 1 radical (unpaired) electrons. The first-order chi connectivity index (χ1) is 20.1. The molecule has 0 aliphatic heterocycles. The third-order valence-electron chi connectivity index (χ3n) is 7.32. The molecule has 0 spiro atoms. The van der Waals surface area contributed by atoms with E-state index in [4.69, 9.17) is 18.8 Å². The SMILES string of the molecule is CC(=Nc1cccc2cccc(N=C(C)c3c([O-])ccc4c(C)cc(=O)oc34)c12)c1c([O-])ccc2c(C)cc(=O)oc12.[Cu+2]. The van der Waals surface area contributed by atoms with Crippen LogP contribution in [0.15, 0.2) is 101 Å². The van der Waals surface area contributed by atoms with Crippen LogP contribution in [0.4, 0.5) is 11.4 Å². The van der Waals surface area contributed by atoms with E-state index in [1.165, 1.54) is 24.3 Å². The van der Waals surface area contributed by atoms with E-state index in [9.17, 15) is 19.8 Å². The van der Waals surface area contributed by atoms with E-state index in [2.05, 4.69) is 0 Å². The molecule has 43 heavy (non-hydrogen) atoms. The van der Waals surface area contributed by atoms with Crippen LogP contribution in [0, 0.1) is 13.8 Å². The summed E-state index contributed by atoms with van der Waals surface area (Å²) in [5, 5.41) is 28.8. The fourth-order valence-electron chi connectivity index (χ4n) is 5.38. The van der Waals surface area contributed by atoms with Crippen LogP contribution in [0.2, 0.25) is 0 Å². The minimum absolute atomic E-state index is 0. The zero-order chi connectivity index (χ0) is 29.7. The molecule has 0 unspecified atom stereocenters. The Hall–Kier alpha value is -4.98. The molecule has 0 atom stereocenters. The van der Waals surface area contributed by atoms with Crippen LogP contribution in [0.1, 0.15) is 36.1 Å². The quantitative estimate of drug-likeness (QED) is 0.133. The average Bonchev–Trinajstić information content (AvgIpc) is 2.92. The predicted molar refractivity (Wildman–Crippen MR) is 161 cm³/mol. The number of hydrogen-bond acceptors (Lipinski definition) is 8. The Labute approximate surface area is 256 Å². The second kappa shape index (κ2) is 11.4. The summed E-state index contributed by atoms with van der Waals surface area (Å²) in [5.74, 6) is -0.634. The molecule has 217 valence electrons. The third kappa shape index (κ3) is 5.25. The Bertz CT molecular complexity index is 2110. The zero-order valence-corrected chi connectivity index (χ0v) is 24.5. The van der Waals surface area contributed by atoms with Crippen molar-refractivity contribution in [1.82, 2.24) is 0 Å². The standard InChI is InChI=1S/C34H26N2O6.Cu/c1-17-15-28(39)41-33-22(17)11-13-26(37)30(33)19(3)35-24-9-5-7-21-8-6-10-25(32(21)24)36-20(4)31-27(38)14-12-23-18(2)16-29(40)42-34(23)31;/h5-16,37-38H,1-4H3;/q;+2/p-2. The topological polar surface area (TPSA) is 131 Å². The monoisotopic (exact) mass is 619 g/mol. The van der Waals surface area contributed by atoms with Crippen LogP contribution in [0.5, 0.6) is 11.5 Å². The van der Waals surface area contributed by atoms with Gasteiger partial charge in [-0.15, -0.1) is 0 Å². The second-order valence-corrected chi connectivity index (χ2v) is 10.2. The van der Waals surface area contributed by atoms with E-state index in [1.54, 1.807) is 52.0 Å². The summed E-state index contributed by atoms with van der Waals surface area (Å²) in [6.45, 7) is 6.96. The van der Waals surface area contributed by atoms with Gasteiger partial charge in [-0.2, -0.15) is 0 Å². The Morgan fingerprint density at radius 2 is 1.07 bits per heavy atom. The summed E-state index contributed by atoms with van der Waals surface area (Å²) in [7, 11) is 0. The van der Waals surface area contributed by atoms with Gasteiger partial charge in [0.15, 0.2) is 0 Å². The van der Waals surface area contributed by atoms with Crippen molar-refractivity contribution in [1.29, 1.82) is 0 Å². The number of aryl methyl sites for hydroxylation is 2. The molecule has 2 heterocycles. The molecule has 0 saturated carbocycles. The summed E-state index contributed by atoms with van der Waals surface area (Å²) in [5.41, 5.74) is 2.91. The van der Waals surface area contributed by atoms with E-state index < -0.39 is 11.3 Å². The third-order valence-corrected chi connectivity index (χ3v) is 7.32. The van der Waals surface area contributed by atoms with E-state index in [0.29, 0.717) is 50.1 Å². The molecule has 0 bridgehead atoms. The number of aliphatic imine (C=N–C) groups is 2. The smallest absolute Gasteiger partial charge is 0.872 e. The summed E-state index contributed by atoms with van der Waals surface area (Å²) < 4.78 is 10.9. The number of rotatable bonds is 4. The molecule has 6 aromatic rings. The van der Waals surface area contributed by atoms with Crippen LogP contribution >= 0.6 is 0 Å². The van der Waals surface area contributed by atoms with Crippen molar-refractivity contribution in [3.8, 4) is 11.5 Å². The Morgan fingerprint density at radius 3 is 1.49 bits per heavy atom. The van der Waals surface area contributed by atoms with Crippen molar-refractivity contribution in [3.05, 3.63) is 116 Å². The van der Waals surface area contributed by atoms with Crippen LogP contribution < -0.4 is 21.5 Å². The molecule has 0 aliphatic rings. The minimum Gasteiger partial charge on any atom is -0.872 e. The Kier molecular flexibility index (Phi) is 7.80. The fraction of sp³-hybridized carbons (Fsp3) is 0.118. The number of benzene rings is 4. The van der Waals surface area contributed by atoms with Crippen molar-refractivity contribution >= 4 is 55.5 Å². The normalized spacial score (nSPS) is 12.2. The van der Waals surface area contributed by atoms with E-state index in [1.807, 2.05) is 24.3 Å². The maximum absolute atomic E-state index is 13.0. The maximum Gasteiger partial charge on any atom is 2.00 e. The molecular weight excluding hydrogens is 596 g/mol. The number of hydrogen-bond donors (Lipinski definition) is 0. The van der Waals surface area contributed by atoms with Gasteiger partial charge in [-0.05, 0) is 56.3 Å². The van der Waals surface area contributed by atoms with Crippen LogP contribution in [0.25, 0.3) is 32.7 Å². The molecule has 0 amide bonds. The zero-order valence-electron chi connectivity index (χ0n) is 23.6. The molecule has 2 aromatic heterocycles. The maximum atomic E-state index is 13.0. The average molecular weight is 620 g/mol. The molecule has 0 saturated heterocycles. The van der Waals surface area contributed by atoms with Gasteiger partial charge in [0.1, 0.15) is 11.2 Å².